The first-order chi connectivity index (χ1) is 13.0. The van der Waals surface area contributed by atoms with Gasteiger partial charge in [-0.3, -0.25) is 0 Å². The van der Waals surface area contributed by atoms with Gasteiger partial charge < -0.3 is 19.7 Å². The highest BCUT2D eigenvalue weighted by atomic mass is 35.5. The predicted octanol–water partition coefficient (Wildman–Crippen LogP) is 3.48. The highest BCUT2D eigenvalue weighted by molar-refractivity contribution is 6.40. The monoisotopic (exact) mass is 408 g/mol. The summed E-state index contributed by atoms with van der Waals surface area (Å²) < 4.78 is 11.3. The fraction of sp³-hybridized carbons (Fsp3) is 0.474. The van der Waals surface area contributed by atoms with Gasteiger partial charge in [0.2, 0.25) is 0 Å². The molecular weight excluding hydrogens is 387 g/mol. The van der Waals surface area contributed by atoms with Crippen molar-refractivity contribution >= 4 is 34.1 Å². The van der Waals surface area contributed by atoms with Crippen LogP contribution in [-0.2, 0) is 0 Å². The molecule has 27 heavy (non-hydrogen) atoms. The van der Waals surface area contributed by atoms with Crippen LogP contribution in [0, 0.1) is 11.3 Å². The number of piperazine rings is 1. The van der Waals surface area contributed by atoms with Gasteiger partial charge in [-0.25, -0.2) is 4.98 Å². The lowest BCUT2D eigenvalue weighted by atomic mass is 10.1. The summed E-state index contributed by atoms with van der Waals surface area (Å²) in [4.78, 5) is 6.66. The quantitative estimate of drug-likeness (QED) is 0.582. The third-order valence-electron chi connectivity index (χ3n) is 4.85. The molecule has 1 aliphatic heterocycles. The Labute approximate surface area is 169 Å². The smallest absolute Gasteiger partial charge is 0.149 e. The van der Waals surface area contributed by atoms with Gasteiger partial charge in [0.25, 0.3) is 0 Å². The molecule has 1 fully saturated rings. The molecule has 0 amide bonds. The third kappa shape index (κ3) is 4.39. The molecule has 1 unspecified atom stereocenters. The highest BCUT2D eigenvalue weighted by Crippen LogP contribution is 2.38. The Balaban J connectivity index is 1.73. The van der Waals surface area contributed by atoms with Crippen molar-refractivity contribution in [3.05, 3.63) is 27.9 Å². The van der Waals surface area contributed by atoms with Crippen molar-refractivity contribution in [2.45, 2.75) is 18.9 Å². The minimum Gasteiger partial charge on any atom is -0.496 e. The fourth-order valence-corrected chi connectivity index (χ4v) is 3.89. The predicted molar refractivity (Wildman–Crippen MR) is 107 cm³/mol. The Morgan fingerprint density at radius 3 is 2.93 bits per heavy atom. The van der Waals surface area contributed by atoms with E-state index in [1.165, 1.54) is 0 Å². The maximum absolute atomic E-state index is 9.21. The number of rotatable bonds is 6. The molecule has 0 spiro atoms. The molecule has 1 aromatic heterocycles. The zero-order chi connectivity index (χ0) is 19.4. The van der Waals surface area contributed by atoms with Crippen LogP contribution in [0.2, 0.25) is 10.2 Å². The number of halogens is 2. The van der Waals surface area contributed by atoms with Gasteiger partial charge in [0, 0.05) is 37.8 Å². The summed E-state index contributed by atoms with van der Waals surface area (Å²) in [5.74, 6) is 1.14. The molecule has 0 aliphatic carbocycles. The van der Waals surface area contributed by atoms with Crippen molar-refractivity contribution in [2.24, 2.45) is 0 Å². The number of pyridine rings is 1. The first kappa shape index (κ1) is 20.0. The third-order valence-corrected chi connectivity index (χ3v) is 5.50. The first-order valence-corrected chi connectivity index (χ1v) is 9.61. The topological polar surface area (TPSA) is 70.4 Å². The maximum Gasteiger partial charge on any atom is 0.149 e. The van der Waals surface area contributed by atoms with E-state index in [4.69, 9.17) is 32.7 Å². The van der Waals surface area contributed by atoms with Gasteiger partial charge in [0.05, 0.1) is 29.6 Å². The molecule has 6 nitrogen and oxygen atoms in total. The number of nitriles is 1. The van der Waals surface area contributed by atoms with Crippen LogP contribution in [0.5, 0.6) is 11.5 Å². The molecule has 2 heterocycles. The molecule has 1 N–H and O–H groups in total. The Bertz CT molecular complexity index is 869. The second-order valence-corrected chi connectivity index (χ2v) is 7.29. The number of methoxy groups -OCH3 is 1. The molecule has 8 heteroatoms. The van der Waals surface area contributed by atoms with Crippen molar-refractivity contribution < 1.29 is 9.47 Å². The van der Waals surface area contributed by atoms with Gasteiger partial charge in [-0.05, 0) is 19.9 Å². The lowest BCUT2D eigenvalue weighted by Gasteiger charge is -2.33. The summed E-state index contributed by atoms with van der Waals surface area (Å²) in [6, 6.07) is 6.05. The lowest BCUT2D eigenvalue weighted by Crippen LogP contribution is -2.49. The highest BCUT2D eigenvalue weighted by Gasteiger charge is 2.19. The van der Waals surface area contributed by atoms with Gasteiger partial charge in [-0.2, -0.15) is 5.26 Å². The van der Waals surface area contributed by atoms with Gasteiger partial charge in [-0.15, -0.1) is 0 Å². The van der Waals surface area contributed by atoms with Gasteiger partial charge in [0.15, 0.2) is 0 Å². The van der Waals surface area contributed by atoms with E-state index in [-0.39, 0.29) is 15.7 Å². The summed E-state index contributed by atoms with van der Waals surface area (Å²) in [5, 5.41) is 13.5. The average Bonchev–Trinajstić information content (AvgIpc) is 2.66. The maximum atomic E-state index is 9.21. The molecule has 1 atom stereocenters. The number of likely N-dealkylation sites (N-methyl/N-ethyl adjacent to an activating group) is 1. The molecule has 2 aromatic rings. The summed E-state index contributed by atoms with van der Waals surface area (Å²) in [7, 11) is 3.71. The minimum atomic E-state index is 0.0713. The Morgan fingerprint density at radius 2 is 2.22 bits per heavy atom. The number of aromatic nitrogens is 1. The van der Waals surface area contributed by atoms with Gasteiger partial charge >= 0.3 is 0 Å². The normalized spacial score (nSPS) is 17.7. The number of nitrogens with zero attached hydrogens (tertiary/aromatic N) is 3. The number of benzene rings is 1. The SMILES string of the molecule is COc1cc(OCCCC2CNCCN2C)cc2nc(Cl)c(C#N)c(Cl)c12. The second kappa shape index (κ2) is 8.94. The first-order valence-electron chi connectivity index (χ1n) is 8.85. The average molecular weight is 409 g/mol. The number of hydrogen-bond acceptors (Lipinski definition) is 6. The number of nitrogens with one attached hydrogen (secondary N) is 1. The van der Waals surface area contributed by atoms with E-state index < -0.39 is 0 Å². The molecule has 1 aromatic carbocycles. The van der Waals surface area contributed by atoms with Crippen LogP contribution in [0.3, 0.4) is 0 Å². The zero-order valence-corrected chi connectivity index (χ0v) is 16.9. The van der Waals surface area contributed by atoms with Crippen molar-refractivity contribution in [1.29, 1.82) is 5.26 Å². The van der Waals surface area contributed by atoms with Crippen LogP contribution >= 0.6 is 23.2 Å². The van der Waals surface area contributed by atoms with Crippen molar-refractivity contribution in [3.8, 4) is 17.6 Å². The van der Waals surface area contributed by atoms with Gasteiger partial charge in [0.1, 0.15) is 28.3 Å². The fourth-order valence-electron chi connectivity index (χ4n) is 3.30. The van der Waals surface area contributed by atoms with Crippen LogP contribution in [-0.4, -0.2) is 56.3 Å². The second-order valence-electron chi connectivity index (χ2n) is 6.55. The molecule has 0 bridgehead atoms. The van der Waals surface area contributed by atoms with E-state index in [0.29, 0.717) is 35.1 Å². The Morgan fingerprint density at radius 1 is 1.41 bits per heavy atom. The zero-order valence-electron chi connectivity index (χ0n) is 15.4. The van der Waals surface area contributed by atoms with E-state index >= 15 is 0 Å². The standard InChI is InChI=1S/C19H22Cl2N4O2/c1-25-6-5-23-11-12(25)4-3-7-27-13-8-15-17(16(9-13)26-2)18(20)14(10-22)19(21)24-15/h8-9,12,23H,3-7,11H2,1-2H3. The van der Waals surface area contributed by atoms with E-state index in [9.17, 15) is 5.26 Å². The van der Waals surface area contributed by atoms with E-state index in [2.05, 4.69) is 22.2 Å². The van der Waals surface area contributed by atoms with Crippen molar-refractivity contribution in [1.82, 2.24) is 15.2 Å². The molecule has 1 saturated heterocycles. The Hall–Kier alpha value is -1.78. The van der Waals surface area contributed by atoms with E-state index in [0.717, 1.165) is 32.5 Å². The largest absolute Gasteiger partial charge is 0.496 e. The summed E-state index contributed by atoms with van der Waals surface area (Å²) in [5.41, 5.74) is 0.678. The molecule has 0 radical (unpaired) electrons. The minimum absolute atomic E-state index is 0.0713. The number of ether oxygens (including phenoxy) is 2. The number of hydrogen-bond donors (Lipinski definition) is 1. The summed E-state index contributed by atoms with van der Waals surface area (Å²) in [6.45, 7) is 3.73. The van der Waals surface area contributed by atoms with Crippen LogP contribution in [0.15, 0.2) is 12.1 Å². The Kier molecular flexibility index (Phi) is 6.61. The molecular formula is C19H22Cl2N4O2. The number of fused-ring (bicyclic) bond motifs is 1. The van der Waals surface area contributed by atoms with Crippen molar-refractivity contribution in [2.75, 3.05) is 40.4 Å². The van der Waals surface area contributed by atoms with Gasteiger partial charge in [-0.1, -0.05) is 23.2 Å². The molecule has 0 saturated carbocycles. The molecule has 1 aliphatic rings. The van der Waals surface area contributed by atoms with Crippen LogP contribution < -0.4 is 14.8 Å². The van der Waals surface area contributed by atoms with E-state index in [1.807, 2.05) is 6.07 Å². The van der Waals surface area contributed by atoms with Crippen molar-refractivity contribution in [3.63, 3.8) is 0 Å². The van der Waals surface area contributed by atoms with Crippen LogP contribution in [0.1, 0.15) is 18.4 Å². The van der Waals surface area contributed by atoms with Crippen LogP contribution in [0.25, 0.3) is 10.9 Å². The van der Waals surface area contributed by atoms with Crippen LogP contribution in [0.4, 0.5) is 0 Å². The summed E-state index contributed by atoms with van der Waals surface area (Å²) in [6.07, 6.45) is 2.01. The lowest BCUT2D eigenvalue weighted by molar-refractivity contribution is 0.178. The molecule has 3 rings (SSSR count). The summed E-state index contributed by atoms with van der Waals surface area (Å²) >= 11 is 12.4. The molecule has 144 valence electrons. The van der Waals surface area contributed by atoms with E-state index in [1.54, 1.807) is 19.2 Å².